The topological polar surface area (TPSA) is 63.5 Å². The van der Waals surface area contributed by atoms with E-state index >= 15 is 0 Å². The molecule has 0 amide bonds. The second-order valence-electron chi connectivity index (χ2n) is 4.10. The molecular weight excluding hydrogens is 244 g/mol. The van der Waals surface area contributed by atoms with Crippen molar-refractivity contribution in [3.8, 4) is 0 Å². The predicted molar refractivity (Wildman–Crippen MR) is 64.5 cm³/mol. The molecule has 0 radical (unpaired) electrons. The van der Waals surface area contributed by atoms with Crippen LogP contribution in [0.25, 0.3) is 0 Å². The Bertz CT molecular complexity index is 484. The third-order valence-corrected chi connectivity index (χ3v) is 3.17. The number of anilines is 1. The Labute approximate surface area is 103 Å². The first-order valence-electron chi connectivity index (χ1n) is 5.18. The molecule has 1 aliphatic rings. The van der Waals surface area contributed by atoms with Crippen molar-refractivity contribution < 1.29 is 9.72 Å². The minimum absolute atomic E-state index is 0.0198. The maximum absolute atomic E-state index is 11.1. The summed E-state index contributed by atoms with van der Waals surface area (Å²) in [5, 5.41) is 11.3. The Morgan fingerprint density at radius 2 is 2.18 bits per heavy atom. The quantitative estimate of drug-likeness (QED) is 0.613. The summed E-state index contributed by atoms with van der Waals surface area (Å²) in [6, 6.07) is 4.44. The van der Waals surface area contributed by atoms with E-state index in [9.17, 15) is 14.9 Å². The summed E-state index contributed by atoms with van der Waals surface area (Å²) in [6.45, 7) is 2.58. The highest BCUT2D eigenvalue weighted by Crippen LogP contribution is 2.35. The summed E-state index contributed by atoms with van der Waals surface area (Å²) in [6.07, 6.45) is 0. The number of carbonyl (C=O) groups is 1. The average Bonchev–Trinajstić information content (AvgIpc) is 2.14. The van der Waals surface area contributed by atoms with Gasteiger partial charge in [-0.3, -0.25) is 14.9 Å². The average molecular weight is 255 g/mol. The van der Waals surface area contributed by atoms with Gasteiger partial charge in [0.25, 0.3) is 5.69 Å². The van der Waals surface area contributed by atoms with Gasteiger partial charge in [0.1, 0.15) is 11.5 Å². The van der Waals surface area contributed by atoms with E-state index in [1.54, 1.807) is 11.0 Å². The lowest BCUT2D eigenvalue weighted by Gasteiger charge is -2.39. The molecular formula is C11H11ClN2O3. The van der Waals surface area contributed by atoms with Crippen LogP contribution in [0.1, 0.15) is 6.92 Å². The first-order chi connectivity index (χ1) is 7.99. The van der Waals surface area contributed by atoms with Gasteiger partial charge in [-0.2, -0.15) is 0 Å². The Hall–Kier alpha value is -1.62. The molecule has 0 spiro atoms. The van der Waals surface area contributed by atoms with Gasteiger partial charge >= 0.3 is 0 Å². The van der Waals surface area contributed by atoms with Gasteiger partial charge in [-0.1, -0.05) is 11.6 Å². The van der Waals surface area contributed by atoms with E-state index in [2.05, 4.69) is 0 Å². The highest BCUT2D eigenvalue weighted by Gasteiger charge is 2.33. The van der Waals surface area contributed by atoms with Gasteiger partial charge in [-0.15, -0.1) is 0 Å². The molecule has 17 heavy (non-hydrogen) atoms. The Morgan fingerprint density at radius 3 is 2.71 bits per heavy atom. The van der Waals surface area contributed by atoms with Crippen molar-refractivity contribution in [3.05, 3.63) is 33.3 Å². The van der Waals surface area contributed by atoms with Crippen molar-refractivity contribution in [2.45, 2.75) is 6.92 Å². The minimum Gasteiger partial charge on any atom is -0.364 e. The number of hydrogen-bond donors (Lipinski definition) is 0. The standard InChI is InChI=1S/C11H11ClN2O3/c1-7(15)8-5-13(6-8)11-4-9(12)2-3-10(11)14(16)17/h2-4,8H,5-6H2,1H3. The molecule has 0 N–H and O–H groups in total. The SMILES string of the molecule is CC(=O)C1CN(c2cc(Cl)ccc2[N+](=O)[O-])C1. The summed E-state index contributed by atoms with van der Waals surface area (Å²) in [5.41, 5.74) is 0.511. The number of nitro groups is 1. The highest BCUT2D eigenvalue weighted by molar-refractivity contribution is 6.31. The molecule has 0 unspecified atom stereocenters. The van der Waals surface area contributed by atoms with Crippen molar-refractivity contribution in [3.63, 3.8) is 0 Å². The van der Waals surface area contributed by atoms with Crippen LogP contribution in [0.15, 0.2) is 18.2 Å². The van der Waals surface area contributed by atoms with Gasteiger partial charge in [-0.05, 0) is 19.1 Å². The number of hydrogen-bond acceptors (Lipinski definition) is 4. The molecule has 0 aliphatic carbocycles. The normalized spacial score (nSPS) is 15.5. The molecule has 1 aromatic rings. The number of carbonyl (C=O) groups excluding carboxylic acids is 1. The van der Waals surface area contributed by atoms with E-state index in [0.717, 1.165) is 0 Å². The fourth-order valence-corrected chi connectivity index (χ4v) is 2.00. The van der Waals surface area contributed by atoms with Gasteiger partial charge in [0, 0.05) is 24.2 Å². The Balaban J connectivity index is 2.24. The number of nitrogens with zero attached hydrogens (tertiary/aromatic N) is 2. The molecule has 0 aromatic heterocycles. The molecule has 1 heterocycles. The fraction of sp³-hybridized carbons (Fsp3) is 0.364. The third kappa shape index (κ3) is 2.24. The van der Waals surface area contributed by atoms with Crippen LogP contribution in [0.4, 0.5) is 11.4 Å². The van der Waals surface area contributed by atoms with Crippen molar-refractivity contribution in [1.82, 2.24) is 0 Å². The van der Waals surface area contributed by atoms with Gasteiger partial charge in [0.15, 0.2) is 0 Å². The lowest BCUT2D eigenvalue weighted by molar-refractivity contribution is -0.384. The number of ketones is 1. The molecule has 0 bridgehead atoms. The van der Waals surface area contributed by atoms with Gasteiger partial charge in [0.2, 0.25) is 0 Å². The van der Waals surface area contributed by atoms with Crippen LogP contribution >= 0.6 is 11.6 Å². The van der Waals surface area contributed by atoms with Crippen molar-refractivity contribution in [2.24, 2.45) is 5.92 Å². The number of Topliss-reactive ketones (excluding diaryl/α,β-unsaturated/α-hetero) is 1. The monoisotopic (exact) mass is 254 g/mol. The van der Waals surface area contributed by atoms with Crippen LogP contribution in [0.3, 0.4) is 0 Å². The lowest BCUT2D eigenvalue weighted by atomic mass is 9.95. The van der Waals surface area contributed by atoms with E-state index in [1.165, 1.54) is 19.1 Å². The van der Waals surface area contributed by atoms with E-state index in [-0.39, 0.29) is 17.4 Å². The van der Waals surface area contributed by atoms with E-state index in [1.807, 2.05) is 0 Å². The van der Waals surface area contributed by atoms with E-state index in [4.69, 9.17) is 11.6 Å². The zero-order valence-electron chi connectivity index (χ0n) is 9.22. The predicted octanol–water partition coefficient (Wildman–Crippen LogP) is 2.27. The minimum atomic E-state index is -0.438. The lowest BCUT2D eigenvalue weighted by Crippen LogP contribution is -2.50. The first-order valence-corrected chi connectivity index (χ1v) is 5.56. The van der Waals surface area contributed by atoms with Crippen LogP contribution in [-0.2, 0) is 4.79 Å². The van der Waals surface area contributed by atoms with Gasteiger partial charge in [0.05, 0.1) is 10.8 Å². The second-order valence-corrected chi connectivity index (χ2v) is 4.54. The smallest absolute Gasteiger partial charge is 0.292 e. The zero-order chi connectivity index (χ0) is 12.6. The number of halogens is 1. The van der Waals surface area contributed by atoms with Crippen molar-refractivity contribution in [2.75, 3.05) is 18.0 Å². The molecule has 90 valence electrons. The molecule has 0 atom stereocenters. The largest absolute Gasteiger partial charge is 0.364 e. The van der Waals surface area contributed by atoms with Crippen LogP contribution < -0.4 is 4.90 Å². The number of benzene rings is 1. The summed E-state index contributed by atoms with van der Waals surface area (Å²) < 4.78 is 0. The van der Waals surface area contributed by atoms with Gasteiger partial charge in [-0.25, -0.2) is 0 Å². The molecule has 6 heteroatoms. The molecule has 0 saturated carbocycles. The van der Waals surface area contributed by atoms with Crippen molar-refractivity contribution >= 4 is 28.8 Å². The molecule has 2 rings (SSSR count). The molecule has 1 aliphatic heterocycles. The second kappa shape index (κ2) is 4.33. The Kier molecular flexibility index (Phi) is 3.02. The van der Waals surface area contributed by atoms with Crippen LogP contribution in [-0.4, -0.2) is 23.8 Å². The maximum Gasteiger partial charge on any atom is 0.292 e. The van der Waals surface area contributed by atoms with Gasteiger partial charge < -0.3 is 4.90 Å². The number of nitro benzene ring substituents is 1. The summed E-state index contributed by atoms with van der Waals surface area (Å²) >= 11 is 5.83. The molecule has 1 saturated heterocycles. The molecule has 5 nitrogen and oxygen atoms in total. The summed E-state index contributed by atoms with van der Waals surface area (Å²) in [7, 11) is 0. The van der Waals surface area contributed by atoms with Crippen LogP contribution in [0, 0.1) is 16.0 Å². The number of rotatable bonds is 3. The van der Waals surface area contributed by atoms with E-state index in [0.29, 0.717) is 23.8 Å². The molecule has 1 aromatic carbocycles. The highest BCUT2D eigenvalue weighted by atomic mass is 35.5. The third-order valence-electron chi connectivity index (χ3n) is 2.93. The van der Waals surface area contributed by atoms with Crippen molar-refractivity contribution in [1.29, 1.82) is 0 Å². The zero-order valence-corrected chi connectivity index (χ0v) is 9.98. The van der Waals surface area contributed by atoms with E-state index < -0.39 is 4.92 Å². The Morgan fingerprint density at radius 1 is 1.53 bits per heavy atom. The first kappa shape index (κ1) is 11.9. The van der Waals surface area contributed by atoms with Crippen LogP contribution in [0.2, 0.25) is 5.02 Å². The molecule has 1 fully saturated rings. The summed E-state index contributed by atoms with van der Waals surface area (Å²) in [4.78, 5) is 23.3. The van der Waals surface area contributed by atoms with Crippen LogP contribution in [0.5, 0.6) is 0 Å². The summed E-state index contributed by atoms with van der Waals surface area (Å²) in [5.74, 6) is 0.0968. The maximum atomic E-state index is 11.1. The fourth-order valence-electron chi connectivity index (χ4n) is 1.84.